The van der Waals surface area contributed by atoms with Crippen molar-refractivity contribution in [1.82, 2.24) is 4.98 Å². The number of benzene rings is 4. The number of ether oxygens (including phenoxy) is 1. The highest BCUT2D eigenvalue weighted by Gasteiger charge is 2.43. The Balaban J connectivity index is 1.42. The van der Waals surface area contributed by atoms with Gasteiger partial charge in [-0.1, -0.05) is 30.3 Å². The Morgan fingerprint density at radius 2 is 1.20 bits per heavy atom. The predicted molar refractivity (Wildman–Crippen MR) is 131 cm³/mol. The van der Waals surface area contributed by atoms with E-state index in [4.69, 9.17) is 0 Å². The van der Waals surface area contributed by atoms with Crippen LogP contribution in [-0.2, 0) is 12.3 Å². The van der Waals surface area contributed by atoms with Gasteiger partial charge in [0.25, 0.3) is 0 Å². The number of alkyl halides is 5. The number of rotatable bonds is 5. The van der Waals surface area contributed by atoms with Gasteiger partial charge in [-0.15, -0.1) is 11.3 Å². The molecule has 0 radical (unpaired) electrons. The van der Waals surface area contributed by atoms with Crippen LogP contribution in [0.3, 0.4) is 0 Å². The summed E-state index contributed by atoms with van der Waals surface area (Å²) in [6.45, 7) is 1.95. The monoisotopic (exact) mass is 583 g/mol. The van der Waals surface area contributed by atoms with Crippen molar-refractivity contribution in [3.05, 3.63) is 107 Å². The SMILES string of the molecule is Cc1ccc2nc(-c3ccc(-c4cc(F)c(C(F)(F)Oc5cc(F)c(C(F)(F)F)c(F)c5)c(F)c4)cc3)sc2c1. The molecule has 0 aliphatic heterocycles. The molecule has 0 spiro atoms. The molecule has 0 aliphatic carbocycles. The Morgan fingerprint density at radius 1 is 0.650 bits per heavy atom. The standard InChI is InChI=1S/C28H14F9NOS/c1-13-2-7-22-23(8-13)40-26(38-22)15-5-3-14(4-6-15)16-9-18(29)25(19(30)10-16)28(36,37)39-17-11-20(31)24(21(32)12-17)27(33,34)35/h2-12H,1H3. The third-order valence-corrected chi connectivity index (χ3v) is 6.95. The lowest BCUT2D eigenvalue weighted by molar-refractivity contribution is -0.189. The van der Waals surface area contributed by atoms with Crippen molar-refractivity contribution in [2.45, 2.75) is 19.2 Å². The molecule has 0 fully saturated rings. The zero-order valence-corrected chi connectivity index (χ0v) is 20.8. The zero-order valence-electron chi connectivity index (χ0n) is 20.0. The Bertz CT molecular complexity index is 1700. The summed E-state index contributed by atoms with van der Waals surface area (Å²) < 4.78 is 130. The molecular weight excluding hydrogens is 569 g/mol. The largest absolute Gasteiger partial charge is 0.432 e. The first-order valence-electron chi connectivity index (χ1n) is 11.3. The van der Waals surface area contributed by atoms with Crippen LogP contribution in [0.2, 0.25) is 0 Å². The van der Waals surface area contributed by atoms with E-state index < -0.39 is 52.4 Å². The average molecular weight is 583 g/mol. The highest BCUT2D eigenvalue weighted by molar-refractivity contribution is 7.21. The average Bonchev–Trinajstić information content (AvgIpc) is 3.25. The van der Waals surface area contributed by atoms with Crippen molar-refractivity contribution in [2.24, 2.45) is 0 Å². The predicted octanol–water partition coefficient (Wildman–Crippen LogP) is 9.64. The molecule has 5 rings (SSSR count). The van der Waals surface area contributed by atoms with Crippen molar-refractivity contribution in [3.63, 3.8) is 0 Å². The molecule has 0 aliphatic rings. The van der Waals surface area contributed by atoms with Gasteiger partial charge in [-0.2, -0.15) is 22.0 Å². The number of aromatic nitrogens is 1. The fourth-order valence-electron chi connectivity index (χ4n) is 4.06. The molecule has 0 atom stereocenters. The van der Waals surface area contributed by atoms with Gasteiger partial charge >= 0.3 is 12.3 Å². The first-order chi connectivity index (χ1) is 18.7. The third-order valence-electron chi connectivity index (χ3n) is 5.89. The van der Waals surface area contributed by atoms with Crippen molar-refractivity contribution in [3.8, 4) is 27.4 Å². The lowest BCUT2D eigenvalue weighted by Gasteiger charge is -2.20. The second-order valence-corrected chi connectivity index (χ2v) is 9.79. The number of thiazole rings is 1. The Kier molecular flexibility index (Phi) is 6.77. The number of fused-ring (bicyclic) bond motifs is 1. The van der Waals surface area contributed by atoms with Gasteiger partial charge in [-0.3, -0.25) is 0 Å². The lowest BCUT2D eigenvalue weighted by Crippen LogP contribution is -2.25. The molecule has 1 aromatic heterocycles. The van der Waals surface area contributed by atoms with Gasteiger partial charge in [0.05, 0.1) is 10.2 Å². The minimum atomic E-state index is -5.45. The third kappa shape index (κ3) is 5.23. The summed E-state index contributed by atoms with van der Waals surface area (Å²) in [6, 6.07) is 13.0. The molecule has 40 heavy (non-hydrogen) atoms. The van der Waals surface area contributed by atoms with Crippen molar-refractivity contribution >= 4 is 21.6 Å². The number of nitrogens with zero attached hydrogens (tertiary/aromatic N) is 1. The highest BCUT2D eigenvalue weighted by Crippen LogP contribution is 2.40. The molecule has 0 unspecified atom stereocenters. The molecule has 2 nitrogen and oxygen atoms in total. The van der Waals surface area contributed by atoms with Crippen LogP contribution >= 0.6 is 11.3 Å². The highest BCUT2D eigenvalue weighted by atomic mass is 32.1. The molecule has 0 saturated heterocycles. The summed E-state index contributed by atoms with van der Waals surface area (Å²) in [7, 11) is 0. The fourth-order valence-corrected chi connectivity index (χ4v) is 5.13. The first-order valence-corrected chi connectivity index (χ1v) is 12.1. The van der Waals surface area contributed by atoms with Crippen LogP contribution in [0, 0.1) is 30.2 Å². The molecule has 206 valence electrons. The quantitative estimate of drug-likeness (QED) is 0.192. The summed E-state index contributed by atoms with van der Waals surface area (Å²) in [5.74, 6) is -9.38. The molecule has 0 N–H and O–H groups in total. The van der Waals surface area contributed by atoms with Crippen LogP contribution in [0.4, 0.5) is 39.5 Å². The topological polar surface area (TPSA) is 22.1 Å². The van der Waals surface area contributed by atoms with Gasteiger partial charge in [0.2, 0.25) is 0 Å². The van der Waals surface area contributed by atoms with Gasteiger partial charge in [-0.05, 0) is 47.9 Å². The van der Waals surface area contributed by atoms with Crippen LogP contribution in [-0.4, -0.2) is 4.98 Å². The molecular formula is C28H14F9NOS. The lowest BCUT2D eigenvalue weighted by atomic mass is 10.0. The molecule has 0 saturated carbocycles. The maximum Gasteiger partial charge on any atom is 0.432 e. The molecule has 0 bridgehead atoms. The van der Waals surface area contributed by atoms with E-state index in [1.54, 1.807) is 12.1 Å². The van der Waals surface area contributed by atoms with Crippen LogP contribution in [0.5, 0.6) is 5.75 Å². The van der Waals surface area contributed by atoms with Gasteiger partial charge in [0, 0.05) is 17.7 Å². The molecule has 1 heterocycles. The van der Waals surface area contributed by atoms with E-state index in [2.05, 4.69) is 9.72 Å². The van der Waals surface area contributed by atoms with Crippen LogP contribution < -0.4 is 4.74 Å². The van der Waals surface area contributed by atoms with Crippen LogP contribution in [0.15, 0.2) is 66.7 Å². The van der Waals surface area contributed by atoms with Crippen LogP contribution in [0.1, 0.15) is 16.7 Å². The van der Waals surface area contributed by atoms with Crippen molar-refractivity contribution in [1.29, 1.82) is 0 Å². The number of hydrogen-bond donors (Lipinski definition) is 0. The van der Waals surface area contributed by atoms with E-state index in [1.807, 2.05) is 25.1 Å². The van der Waals surface area contributed by atoms with E-state index in [-0.39, 0.29) is 23.3 Å². The van der Waals surface area contributed by atoms with E-state index in [0.717, 1.165) is 21.3 Å². The van der Waals surface area contributed by atoms with E-state index in [1.165, 1.54) is 23.5 Å². The maximum absolute atomic E-state index is 14.8. The van der Waals surface area contributed by atoms with Gasteiger partial charge in [0.1, 0.15) is 45.2 Å². The molecule has 12 heteroatoms. The van der Waals surface area contributed by atoms with Gasteiger partial charge < -0.3 is 4.74 Å². The summed E-state index contributed by atoms with van der Waals surface area (Å²) >= 11 is 1.45. The summed E-state index contributed by atoms with van der Waals surface area (Å²) in [5, 5.41) is 0.702. The Hall–Kier alpha value is -4.06. The number of halogens is 9. The normalized spacial score (nSPS) is 12.2. The van der Waals surface area contributed by atoms with Crippen LogP contribution in [0.25, 0.3) is 31.9 Å². The zero-order chi connectivity index (χ0) is 29.0. The fraction of sp³-hybridized carbons (Fsp3) is 0.107. The molecule has 0 amide bonds. The van der Waals surface area contributed by atoms with Crippen molar-refractivity contribution in [2.75, 3.05) is 0 Å². The maximum atomic E-state index is 14.8. The summed E-state index contributed by atoms with van der Waals surface area (Å²) in [5.41, 5.74) is -1.45. The molecule has 4 aromatic carbocycles. The molecule has 5 aromatic rings. The van der Waals surface area contributed by atoms with Gasteiger partial charge in [0.15, 0.2) is 0 Å². The smallest absolute Gasteiger partial charge is 0.429 e. The minimum Gasteiger partial charge on any atom is -0.429 e. The number of hydrogen-bond acceptors (Lipinski definition) is 3. The Labute approximate surface area is 224 Å². The summed E-state index contributed by atoms with van der Waals surface area (Å²) in [4.78, 5) is 4.55. The van der Waals surface area contributed by atoms with Crippen molar-refractivity contribution < 1.29 is 44.3 Å². The number of aryl methyl sites for hydroxylation is 1. The minimum absolute atomic E-state index is 0.104. The second kappa shape index (κ2) is 9.84. The van der Waals surface area contributed by atoms with E-state index in [9.17, 15) is 39.5 Å². The summed E-state index contributed by atoms with van der Waals surface area (Å²) in [6.07, 6.45) is -10.3. The first kappa shape index (κ1) is 27.5. The van der Waals surface area contributed by atoms with E-state index in [0.29, 0.717) is 17.1 Å². The van der Waals surface area contributed by atoms with E-state index >= 15 is 0 Å². The Morgan fingerprint density at radius 3 is 1.77 bits per heavy atom. The van der Waals surface area contributed by atoms with Gasteiger partial charge in [-0.25, -0.2) is 22.5 Å². The second-order valence-electron chi connectivity index (χ2n) is 8.76.